The predicted molar refractivity (Wildman–Crippen MR) is 111 cm³/mol. The normalized spacial score (nSPS) is 11.5. The summed E-state index contributed by atoms with van der Waals surface area (Å²) in [6.45, 7) is 0. The monoisotopic (exact) mass is 389 g/mol. The molecule has 4 rings (SSSR count). The first-order valence-corrected chi connectivity index (χ1v) is 10.7. The Labute approximate surface area is 164 Å². The molecule has 0 aliphatic rings. The number of aromatic nitrogens is 1. The number of hydrogen-bond donors (Lipinski definition) is 1. The van der Waals surface area contributed by atoms with Crippen molar-refractivity contribution in [1.29, 1.82) is 0 Å². The van der Waals surface area contributed by atoms with Crippen molar-refractivity contribution in [1.82, 2.24) is 4.57 Å². The van der Waals surface area contributed by atoms with Crippen LogP contribution in [0, 0.1) is 0 Å². The molecule has 0 saturated carbocycles. The van der Waals surface area contributed by atoms with Gasteiger partial charge in [-0.2, -0.15) is 0 Å². The highest BCUT2D eigenvalue weighted by Crippen LogP contribution is 2.42. The molecule has 0 bridgehead atoms. The molecule has 0 amide bonds. The van der Waals surface area contributed by atoms with Crippen LogP contribution in [0.25, 0.3) is 27.9 Å². The second kappa shape index (κ2) is 7.02. The molecule has 1 N–H and O–H groups in total. The summed E-state index contributed by atoms with van der Waals surface area (Å²) >= 11 is 0. The fraction of sp³-hybridized carbons (Fsp3) is 0.0435. The molecule has 0 radical (unpaired) electrons. The molecular formula is C23H19NO3S. The lowest BCUT2D eigenvalue weighted by molar-refractivity contribution is 0.445. The van der Waals surface area contributed by atoms with E-state index in [0.29, 0.717) is 5.56 Å². The van der Waals surface area contributed by atoms with Gasteiger partial charge in [-0.1, -0.05) is 60.7 Å². The van der Waals surface area contributed by atoms with Crippen molar-refractivity contribution >= 4 is 9.84 Å². The molecule has 0 saturated heterocycles. The summed E-state index contributed by atoms with van der Waals surface area (Å²) in [7, 11) is -3.26. The Morgan fingerprint density at radius 2 is 1.32 bits per heavy atom. The maximum Gasteiger partial charge on any atom is 0.204 e. The van der Waals surface area contributed by atoms with E-state index >= 15 is 0 Å². The van der Waals surface area contributed by atoms with Crippen LogP contribution in [0.5, 0.6) is 5.88 Å². The summed E-state index contributed by atoms with van der Waals surface area (Å²) in [4.78, 5) is 0.268. The second-order valence-corrected chi connectivity index (χ2v) is 8.63. The van der Waals surface area contributed by atoms with E-state index in [0.717, 1.165) is 22.4 Å². The third kappa shape index (κ3) is 3.32. The van der Waals surface area contributed by atoms with Gasteiger partial charge in [0, 0.05) is 23.7 Å². The summed E-state index contributed by atoms with van der Waals surface area (Å²) in [5.41, 5.74) is 4.09. The van der Waals surface area contributed by atoms with Crippen LogP contribution in [0.2, 0.25) is 0 Å². The molecule has 0 aliphatic carbocycles. The Kier molecular flexibility index (Phi) is 4.53. The Balaban J connectivity index is 1.93. The minimum atomic E-state index is -3.26. The zero-order valence-electron chi connectivity index (χ0n) is 15.3. The largest absolute Gasteiger partial charge is 0.494 e. The van der Waals surface area contributed by atoms with Gasteiger partial charge in [0.05, 0.1) is 10.5 Å². The number of hydrogen-bond acceptors (Lipinski definition) is 3. The van der Waals surface area contributed by atoms with E-state index in [4.69, 9.17) is 0 Å². The van der Waals surface area contributed by atoms with Gasteiger partial charge in [-0.25, -0.2) is 8.42 Å². The molecule has 0 unspecified atom stereocenters. The molecule has 3 aromatic carbocycles. The lowest BCUT2D eigenvalue weighted by atomic mass is 9.99. The Bertz CT molecular complexity index is 1210. The number of sulfone groups is 1. The zero-order valence-corrected chi connectivity index (χ0v) is 16.1. The average molecular weight is 389 g/mol. The van der Waals surface area contributed by atoms with E-state index in [2.05, 4.69) is 0 Å². The van der Waals surface area contributed by atoms with Gasteiger partial charge in [0.15, 0.2) is 9.84 Å². The Morgan fingerprint density at radius 3 is 1.89 bits per heavy atom. The second-order valence-electron chi connectivity index (χ2n) is 6.61. The lowest BCUT2D eigenvalue weighted by Gasteiger charge is -2.07. The number of benzene rings is 3. The summed E-state index contributed by atoms with van der Waals surface area (Å²) in [5.74, 6) is 0.139. The molecule has 0 atom stereocenters. The van der Waals surface area contributed by atoms with Gasteiger partial charge < -0.3 is 5.11 Å². The van der Waals surface area contributed by atoms with Gasteiger partial charge in [-0.3, -0.25) is 4.57 Å². The van der Waals surface area contributed by atoms with Crippen molar-refractivity contribution in [3.8, 4) is 33.8 Å². The molecule has 140 valence electrons. The summed E-state index contributed by atoms with van der Waals surface area (Å²) in [6.07, 6.45) is 3.07. The fourth-order valence-electron chi connectivity index (χ4n) is 3.27. The quantitative estimate of drug-likeness (QED) is 0.539. The van der Waals surface area contributed by atoms with Gasteiger partial charge in [-0.05, 0) is 35.4 Å². The molecular weight excluding hydrogens is 370 g/mol. The van der Waals surface area contributed by atoms with Gasteiger partial charge in [0.1, 0.15) is 0 Å². The molecule has 1 aromatic heterocycles. The van der Waals surface area contributed by atoms with E-state index in [1.807, 2.05) is 66.9 Å². The van der Waals surface area contributed by atoms with Crippen molar-refractivity contribution in [2.45, 2.75) is 4.90 Å². The SMILES string of the molecule is CS(=O)(=O)c1ccc(-c2cn(-c3ccccc3)c(O)c2-c2ccccc2)cc1. The first-order chi connectivity index (χ1) is 13.4. The lowest BCUT2D eigenvalue weighted by Crippen LogP contribution is -1.96. The number of aromatic hydroxyl groups is 1. The van der Waals surface area contributed by atoms with Crippen molar-refractivity contribution in [2.24, 2.45) is 0 Å². The summed E-state index contributed by atoms with van der Waals surface area (Å²) in [6, 6.07) is 26.0. The van der Waals surface area contributed by atoms with Gasteiger partial charge >= 0.3 is 0 Å². The minimum absolute atomic E-state index is 0.139. The highest BCUT2D eigenvalue weighted by Gasteiger charge is 2.19. The molecule has 4 aromatic rings. The maximum absolute atomic E-state index is 11.8. The third-order valence-electron chi connectivity index (χ3n) is 4.67. The molecule has 1 heterocycles. The van der Waals surface area contributed by atoms with Gasteiger partial charge in [0.25, 0.3) is 0 Å². The number of rotatable bonds is 4. The van der Waals surface area contributed by atoms with Crippen LogP contribution in [-0.2, 0) is 9.84 Å². The van der Waals surface area contributed by atoms with E-state index in [1.54, 1.807) is 28.8 Å². The van der Waals surface area contributed by atoms with E-state index < -0.39 is 9.84 Å². The number of para-hydroxylation sites is 1. The van der Waals surface area contributed by atoms with Crippen LogP contribution >= 0.6 is 0 Å². The van der Waals surface area contributed by atoms with Crippen molar-refractivity contribution in [3.63, 3.8) is 0 Å². The predicted octanol–water partition coefficient (Wildman–Crippen LogP) is 4.92. The first-order valence-electron chi connectivity index (χ1n) is 8.81. The molecule has 5 heteroatoms. The Hall–Kier alpha value is -3.31. The van der Waals surface area contributed by atoms with Crippen molar-refractivity contribution < 1.29 is 13.5 Å². The highest BCUT2D eigenvalue weighted by molar-refractivity contribution is 7.90. The first kappa shape index (κ1) is 18.1. The van der Waals surface area contributed by atoms with E-state index in [-0.39, 0.29) is 10.8 Å². The fourth-order valence-corrected chi connectivity index (χ4v) is 3.90. The van der Waals surface area contributed by atoms with Crippen LogP contribution < -0.4 is 0 Å². The molecule has 4 nitrogen and oxygen atoms in total. The third-order valence-corrected chi connectivity index (χ3v) is 5.80. The molecule has 0 aliphatic heterocycles. The van der Waals surface area contributed by atoms with Crippen LogP contribution in [0.4, 0.5) is 0 Å². The Morgan fingerprint density at radius 1 is 0.750 bits per heavy atom. The van der Waals surface area contributed by atoms with E-state index in [1.165, 1.54) is 6.26 Å². The number of nitrogens with zero attached hydrogens (tertiary/aromatic N) is 1. The van der Waals surface area contributed by atoms with Crippen LogP contribution in [0.1, 0.15) is 0 Å². The standard InChI is InChI=1S/C23H19NO3S/c1-28(26,27)20-14-12-17(13-15-20)21-16-24(19-10-6-3-7-11-19)23(25)22(21)18-8-4-2-5-9-18/h2-16,25H,1H3. The van der Waals surface area contributed by atoms with Crippen LogP contribution in [0.3, 0.4) is 0 Å². The average Bonchev–Trinajstić information content (AvgIpc) is 3.06. The summed E-state index contributed by atoms with van der Waals surface area (Å²) in [5, 5.41) is 11.0. The molecule has 28 heavy (non-hydrogen) atoms. The zero-order chi connectivity index (χ0) is 19.7. The van der Waals surface area contributed by atoms with Crippen molar-refractivity contribution in [2.75, 3.05) is 6.26 Å². The van der Waals surface area contributed by atoms with Crippen molar-refractivity contribution in [3.05, 3.63) is 91.1 Å². The van der Waals surface area contributed by atoms with Crippen LogP contribution in [0.15, 0.2) is 96.0 Å². The van der Waals surface area contributed by atoms with Crippen LogP contribution in [-0.4, -0.2) is 24.3 Å². The molecule has 0 fully saturated rings. The highest BCUT2D eigenvalue weighted by atomic mass is 32.2. The smallest absolute Gasteiger partial charge is 0.204 e. The maximum atomic E-state index is 11.8. The topological polar surface area (TPSA) is 59.3 Å². The van der Waals surface area contributed by atoms with E-state index in [9.17, 15) is 13.5 Å². The van der Waals surface area contributed by atoms with Gasteiger partial charge in [-0.15, -0.1) is 0 Å². The summed E-state index contributed by atoms with van der Waals surface area (Å²) < 4.78 is 25.3. The molecule has 0 spiro atoms. The minimum Gasteiger partial charge on any atom is -0.494 e. The van der Waals surface area contributed by atoms with Gasteiger partial charge in [0.2, 0.25) is 5.88 Å².